The second-order valence-corrected chi connectivity index (χ2v) is 9.29. The Labute approximate surface area is 185 Å². The fraction of sp³-hybridized carbons (Fsp3) is 0.273. The molecule has 1 aliphatic heterocycles. The van der Waals surface area contributed by atoms with Crippen molar-refractivity contribution in [3.8, 4) is 0 Å². The molecule has 1 fully saturated rings. The van der Waals surface area contributed by atoms with Crippen molar-refractivity contribution in [2.45, 2.75) is 35.9 Å². The molecule has 3 heterocycles. The van der Waals surface area contributed by atoms with E-state index in [2.05, 4.69) is 29.0 Å². The van der Waals surface area contributed by atoms with Crippen molar-refractivity contribution in [3.63, 3.8) is 0 Å². The average molecular weight is 444 g/mol. The highest BCUT2D eigenvalue weighted by Crippen LogP contribution is 2.41. The van der Waals surface area contributed by atoms with Gasteiger partial charge in [0.1, 0.15) is 11.8 Å². The van der Waals surface area contributed by atoms with Gasteiger partial charge in [-0.15, -0.1) is 0 Å². The highest BCUT2D eigenvalue weighted by molar-refractivity contribution is 7.99. The Kier molecular flexibility index (Phi) is 6.13. The van der Waals surface area contributed by atoms with Crippen LogP contribution in [0.5, 0.6) is 0 Å². The largest absolute Gasteiger partial charge is 0.452 e. The lowest BCUT2D eigenvalue weighted by Crippen LogP contribution is -2.32. The lowest BCUT2D eigenvalue weighted by molar-refractivity contribution is 0.242. The Hall–Kier alpha value is -2.02. The lowest BCUT2D eigenvalue weighted by Gasteiger charge is -2.27. The SMILES string of the molecule is CC(C)CN1C(=S)NC(c2ccccn2)C1c1ccc(Sc2ccc(Cl)cc2)o1. The second kappa shape index (κ2) is 8.78. The molecule has 0 amide bonds. The van der Waals surface area contributed by atoms with E-state index in [0.29, 0.717) is 5.92 Å². The van der Waals surface area contributed by atoms with Crippen LogP contribution in [0.2, 0.25) is 5.02 Å². The van der Waals surface area contributed by atoms with E-state index >= 15 is 0 Å². The fourth-order valence-electron chi connectivity index (χ4n) is 3.47. The normalized spacial score (nSPS) is 19.0. The first-order valence-corrected chi connectivity index (χ1v) is 11.1. The number of halogens is 1. The van der Waals surface area contributed by atoms with E-state index in [1.54, 1.807) is 11.8 Å². The van der Waals surface area contributed by atoms with E-state index in [-0.39, 0.29) is 12.1 Å². The number of nitrogens with one attached hydrogen (secondary N) is 1. The molecule has 4 nitrogen and oxygen atoms in total. The highest BCUT2D eigenvalue weighted by Gasteiger charge is 2.41. The van der Waals surface area contributed by atoms with Gasteiger partial charge in [0, 0.05) is 22.7 Å². The van der Waals surface area contributed by atoms with Crippen LogP contribution in [-0.2, 0) is 0 Å². The van der Waals surface area contributed by atoms with Crippen molar-refractivity contribution < 1.29 is 4.42 Å². The number of aromatic nitrogens is 1. The highest BCUT2D eigenvalue weighted by atomic mass is 35.5. The number of rotatable bonds is 6. The molecule has 1 N–H and O–H groups in total. The summed E-state index contributed by atoms with van der Waals surface area (Å²) in [6, 6.07) is 17.7. The van der Waals surface area contributed by atoms with E-state index in [1.807, 2.05) is 60.8 Å². The summed E-state index contributed by atoms with van der Waals surface area (Å²) in [5.74, 6) is 1.35. The number of benzene rings is 1. The molecule has 0 bridgehead atoms. The molecular formula is C22H22ClN3OS2. The molecule has 1 saturated heterocycles. The van der Waals surface area contributed by atoms with Crippen molar-refractivity contribution in [1.82, 2.24) is 15.2 Å². The minimum absolute atomic E-state index is 0.0423. The number of hydrogen-bond acceptors (Lipinski definition) is 4. The summed E-state index contributed by atoms with van der Waals surface area (Å²) >= 11 is 13.2. The molecule has 0 spiro atoms. The van der Waals surface area contributed by atoms with Crippen molar-refractivity contribution in [1.29, 1.82) is 0 Å². The van der Waals surface area contributed by atoms with Crippen molar-refractivity contribution in [2.75, 3.05) is 6.54 Å². The average Bonchev–Trinajstić information content (AvgIpc) is 3.28. The predicted octanol–water partition coefficient (Wildman–Crippen LogP) is 6.11. The van der Waals surface area contributed by atoms with Crippen LogP contribution < -0.4 is 5.32 Å². The fourth-order valence-corrected chi connectivity index (χ4v) is 4.69. The maximum atomic E-state index is 6.27. The maximum Gasteiger partial charge on any atom is 0.170 e. The predicted molar refractivity (Wildman–Crippen MR) is 121 cm³/mol. The molecule has 2 aromatic heterocycles. The monoisotopic (exact) mass is 443 g/mol. The number of pyridine rings is 1. The Morgan fingerprint density at radius 2 is 1.97 bits per heavy atom. The number of nitrogens with zero attached hydrogens (tertiary/aromatic N) is 2. The van der Waals surface area contributed by atoms with Crippen LogP contribution >= 0.6 is 35.6 Å². The first-order chi connectivity index (χ1) is 14.0. The summed E-state index contributed by atoms with van der Waals surface area (Å²) in [5.41, 5.74) is 0.953. The minimum Gasteiger partial charge on any atom is -0.452 e. The van der Waals surface area contributed by atoms with E-state index in [1.165, 1.54) is 0 Å². The summed E-state index contributed by atoms with van der Waals surface area (Å²) in [7, 11) is 0. The van der Waals surface area contributed by atoms with Crippen LogP contribution in [0.1, 0.15) is 37.4 Å². The Morgan fingerprint density at radius 3 is 2.66 bits per heavy atom. The summed E-state index contributed by atoms with van der Waals surface area (Å²) in [6.07, 6.45) is 1.81. The van der Waals surface area contributed by atoms with Gasteiger partial charge in [-0.05, 0) is 66.7 Å². The van der Waals surface area contributed by atoms with Crippen LogP contribution in [0, 0.1) is 5.92 Å². The third-order valence-corrected chi connectivity index (χ3v) is 6.22. The minimum atomic E-state index is -0.0537. The standard InChI is InChI=1S/C22H22ClN3OS2/c1-14(2)13-26-21(20(25-22(26)28)17-5-3-4-12-24-17)18-10-11-19(27-18)29-16-8-6-15(23)7-9-16/h3-12,14,20-21H,13H2,1-2H3,(H,25,28). The number of hydrogen-bond donors (Lipinski definition) is 1. The van der Waals surface area contributed by atoms with E-state index in [9.17, 15) is 0 Å². The van der Waals surface area contributed by atoms with Gasteiger partial charge in [-0.2, -0.15) is 0 Å². The van der Waals surface area contributed by atoms with Gasteiger partial charge in [0.2, 0.25) is 0 Å². The maximum absolute atomic E-state index is 6.27. The first kappa shape index (κ1) is 20.3. The Bertz CT molecular complexity index is 975. The lowest BCUT2D eigenvalue weighted by atomic mass is 10.0. The topological polar surface area (TPSA) is 41.3 Å². The van der Waals surface area contributed by atoms with Crippen molar-refractivity contribution in [2.24, 2.45) is 5.92 Å². The van der Waals surface area contributed by atoms with Gasteiger partial charge in [0.05, 0.1) is 11.7 Å². The van der Waals surface area contributed by atoms with E-state index in [4.69, 9.17) is 28.2 Å². The van der Waals surface area contributed by atoms with E-state index in [0.717, 1.165) is 38.1 Å². The molecule has 0 aliphatic carbocycles. The second-order valence-electron chi connectivity index (χ2n) is 7.39. The zero-order chi connectivity index (χ0) is 20.4. The van der Waals surface area contributed by atoms with Crippen LogP contribution in [0.25, 0.3) is 0 Å². The van der Waals surface area contributed by atoms with Gasteiger partial charge in [-0.3, -0.25) is 4.98 Å². The molecule has 2 atom stereocenters. The van der Waals surface area contributed by atoms with Crippen LogP contribution in [-0.4, -0.2) is 21.5 Å². The quantitative estimate of drug-likeness (QED) is 0.463. The molecule has 0 saturated carbocycles. The van der Waals surface area contributed by atoms with Crippen molar-refractivity contribution >= 4 is 40.7 Å². The van der Waals surface area contributed by atoms with Crippen molar-refractivity contribution in [3.05, 3.63) is 77.3 Å². The first-order valence-electron chi connectivity index (χ1n) is 9.52. The Morgan fingerprint density at radius 1 is 1.17 bits per heavy atom. The molecule has 150 valence electrons. The van der Waals surface area contributed by atoms with Gasteiger partial charge in [0.15, 0.2) is 10.2 Å². The molecule has 3 aromatic rings. The molecule has 29 heavy (non-hydrogen) atoms. The van der Waals surface area contributed by atoms with Gasteiger partial charge in [0.25, 0.3) is 0 Å². The smallest absolute Gasteiger partial charge is 0.170 e. The summed E-state index contributed by atoms with van der Waals surface area (Å²) in [6.45, 7) is 5.23. The van der Waals surface area contributed by atoms with Gasteiger partial charge in [-0.1, -0.05) is 43.3 Å². The van der Waals surface area contributed by atoms with Gasteiger partial charge >= 0.3 is 0 Å². The number of thiocarbonyl (C=S) groups is 1. The van der Waals surface area contributed by atoms with Crippen LogP contribution in [0.4, 0.5) is 0 Å². The van der Waals surface area contributed by atoms with Gasteiger partial charge in [-0.25, -0.2) is 0 Å². The van der Waals surface area contributed by atoms with Crippen LogP contribution in [0.3, 0.4) is 0 Å². The van der Waals surface area contributed by atoms with Gasteiger partial charge < -0.3 is 14.6 Å². The molecule has 1 aromatic carbocycles. The zero-order valence-corrected chi connectivity index (χ0v) is 18.6. The number of furan rings is 1. The van der Waals surface area contributed by atoms with E-state index < -0.39 is 0 Å². The third-order valence-electron chi connectivity index (χ3n) is 4.69. The molecule has 0 radical (unpaired) electrons. The third kappa shape index (κ3) is 4.60. The summed E-state index contributed by atoms with van der Waals surface area (Å²) < 4.78 is 6.27. The Balaban J connectivity index is 1.64. The molecule has 2 unspecified atom stereocenters. The zero-order valence-electron chi connectivity index (χ0n) is 16.2. The molecule has 4 rings (SSSR count). The molecule has 7 heteroatoms. The molecular weight excluding hydrogens is 422 g/mol. The summed E-state index contributed by atoms with van der Waals surface area (Å²) in [5, 5.41) is 5.75. The molecule has 1 aliphatic rings. The van der Waals surface area contributed by atoms with Crippen LogP contribution in [0.15, 0.2) is 75.2 Å². The summed E-state index contributed by atoms with van der Waals surface area (Å²) in [4.78, 5) is 7.86.